The Morgan fingerprint density at radius 2 is 1.67 bits per heavy atom. The highest BCUT2D eigenvalue weighted by Crippen LogP contribution is 2.28. The van der Waals surface area contributed by atoms with E-state index in [1.165, 1.54) is 12.0 Å². The number of rotatable bonds is 5. The first-order valence-electron chi connectivity index (χ1n) is 9.17. The molecule has 1 aliphatic heterocycles. The number of methoxy groups -OCH3 is 1. The van der Waals surface area contributed by atoms with Gasteiger partial charge >= 0.3 is 0 Å². The average Bonchev–Trinajstić information content (AvgIpc) is 2.99. The maximum atomic E-state index is 12.7. The van der Waals surface area contributed by atoms with E-state index in [2.05, 4.69) is 5.32 Å². The summed E-state index contributed by atoms with van der Waals surface area (Å²) < 4.78 is 5.25. The van der Waals surface area contributed by atoms with Crippen LogP contribution in [0.25, 0.3) is 0 Å². The topological polar surface area (TPSA) is 75.7 Å². The monoisotopic (exact) mass is 420 g/mol. The van der Waals surface area contributed by atoms with Gasteiger partial charge in [0, 0.05) is 10.6 Å². The predicted octanol–water partition coefficient (Wildman–Crippen LogP) is 4.40. The Morgan fingerprint density at radius 1 is 0.967 bits per heavy atom. The number of anilines is 1. The fraction of sp³-hybridized carbons (Fsp3) is 0.0870. The molecule has 4 rings (SSSR count). The zero-order valence-electron chi connectivity index (χ0n) is 16.0. The van der Waals surface area contributed by atoms with Crippen molar-refractivity contribution < 1.29 is 19.1 Å². The minimum Gasteiger partial charge on any atom is -0.495 e. The molecule has 7 heteroatoms. The molecule has 0 unspecified atom stereocenters. The van der Waals surface area contributed by atoms with E-state index in [-0.39, 0.29) is 24.3 Å². The van der Waals surface area contributed by atoms with Crippen molar-refractivity contribution in [2.75, 3.05) is 12.4 Å². The minimum atomic E-state index is -0.361. The number of imide groups is 1. The molecule has 6 nitrogen and oxygen atoms in total. The number of carbonyl (C=O) groups excluding carboxylic acids is 3. The third-order valence-corrected chi connectivity index (χ3v) is 5.05. The summed E-state index contributed by atoms with van der Waals surface area (Å²) in [4.78, 5) is 39.1. The zero-order chi connectivity index (χ0) is 21.3. The molecule has 30 heavy (non-hydrogen) atoms. The predicted molar refractivity (Wildman–Crippen MR) is 113 cm³/mol. The van der Waals surface area contributed by atoms with Crippen LogP contribution in [0.15, 0.2) is 66.7 Å². The third kappa shape index (κ3) is 3.65. The van der Waals surface area contributed by atoms with Crippen LogP contribution in [0.2, 0.25) is 5.02 Å². The Kier molecular flexibility index (Phi) is 5.25. The van der Waals surface area contributed by atoms with E-state index >= 15 is 0 Å². The largest absolute Gasteiger partial charge is 0.495 e. The number of benzene rings is 3. The molecule has 0 atom stereocenters. The van der Waals surface area contributed by atoms with E-state index in [4.69, 9.17) is 16.3 Å². The van der Waals surface area contributed by atoms with Crippen LogP contribution < -0.4 is 10.1 Å². The van der Waals surface area contributed by atoms with Crippen molar-refractivity contribution >= 4 is 35.0 Å². The lowest BCUT2D eigenvalue weighted by atomic mass is 10.1. The molecule has 0 fully saturated rings. The summed E-state index contributed by atoms with van der Waals surface area (Å²) in [5.74, 6) is -0.557. The Morgan fingerprint density at radius 3 is 2.33 bits per heavy atom. The van der Waals surface area contributed by atoms with E-state index in [0.717, 1.165) is 0 Å². The van der Waals surface area contributed by atoms with Gasteiger partial charge in [-0.05, 0) is 48.0 Å². The fourth-order valence-electron chi connectivity index (χ4n) is 3.35. The molecule has 0 aromatic heterocycles. The molecule has 150 valence electrons. The fourth-order valence-corrected chi connectivity index (χ4v) is 3.52. The van der Waals surface area contributed by atoms with Gasteiger partial charge in [-0.1, -0.05) is 35.9 Å². The van der Waals surface area contributed by atoms with Crippen molar-refractivity contribution in [3.8, 4) is 5.75 Å². The molecule has 0 aliphatic carbocycles. The Labute approximate surface area is 178 Å². The molecule has 3 aromatic carbocycles. The Bertz CT molecular complexity index is 1140. The van der Waals surface area contributed by atoms with E-state index in [1.807, 2.05) is 0 Å². The Balaban J connectivity index is 1.54. The van der Waals surface area contributed by atoms with Crippen LogP contribution in [-0.2, 0) is 6.54 Å². The van der Waals surface area contributed by atoms with Gasteiger partial charge in [0.25, 0.3) is 17.7 Å². The van der Waals surface area contributed by atoms with Crippen molar-refractivity contribution in [3.05, 3.63) is 94.0 Å². The molecule has 1 N–H and O–H groups in total. The summed E-state index contributed by atoms with van der Waals surface area (Å²) in [5.41, 5.74) is 2.27. The van der Waals surface area contributed by atoms with Gasteiger partial charge < -0.3 is 10.1 Å². The van der Waals surface area contributed by atoms with E-state index < -0.39 is 0 Å². The highest BCUT2D eigenvalue weighted by molar-refractivity contribution is 6.31. The molecule has 3 aromatic rings. The van der Waals surface area contributed by atoms with Crippen LogP contribution in [0.1, 0.15) is 36.6 Å². The normalized spacial score (nSPS) is 12.7. The Hall–Kier alpha value is -3.64. The lowest BCUT2D eigenvalue weighted by Crippen LogP contribution is -2.29. The van der Waals surface area contributed by atoms with E-state index in [1.54, 1.807) is 66.7 Å². The summed E-state index contributed by atoms with van der Waals surface area (Å²) in [7, 11) is 1.50. The number of halogens is 1. The number of ether oxygens (including phenoxy) is 1. The van der Waals surface area contributed by atoms with Crippen LogP contribution in [0.4, 0.5) is 5.69 Å². The van der Waals surface area contributed by atoms with Gasteiger partial charge in [0.2, 0.25) is 0 Å². The van der Waals surface area contributed by atoms with Crippen molar-refractivity contribution in [2.24, 2.45) is 0 Å². The van der Waals surface area contributed by atoms with Gasteiger partial charge in [-0.25, -0.2) is 0 Å². The molecule has 0 radical (unpaired) electrons. The molecule has 0 saturated carbocycles. The first kappa shape index (κ1) is 19.7. The van der Waals surface area contributed by atoms with Crippen LogP contribution >= 0.6 is 11.6 Å². The van der Waals surface area contributed by atoms with Crippen LogP contribution in [0, 0.1) is 0 Å². The molecular weight excluding hydrogens is 404 g/mol. The summed E-state index contributed by atoms with van der Waals surface area (Å²) in [6.07, 6.45) is 0. The number of hydrogen-bond donors (Lipinski definition) is 1. The van der Waals surface area contributed by atoms with Crippen LogP contribution in [-0.4, -0.2) is 29.7 Å². The first-order chi connectivity index (χ1) is 14.5. The van der Waals surface area contributed by atoms with Crippen LogP contribution in [0.5, 0.6) is 5.75 Å². The van der Waals surface area contributed by atoms with Crippen molar-refractivity contribution in [3.63, 3.8) is 0 Å². The van der Waals surface area contributed by atoms with Gasteiger partial charge in [0.15, 0.2) is 0 Å². The van der Waals surface area contributed by atoms with Gasteiger partial charge in [-0.2, -0.15) is 0 Å². The van der Waals surface area contributed by atoms with Crippen molar-refractivity contribution in [2.45, 2.75) is 6.54 Å². The van der Waals surface area contributed by atoms with Gasteiger partial charge in [-0.15, -0.1) is 0 Å². The molecular formula is C23H17ClN2O4. The second-order valence-electron chi connectivity index (χ2n) is 6.74. The number of carbonyl (C=O) groups is 3. The molecule has 0 saturated heterocycles. The van der Waals surface area contributed by atoms with Gasteiger partial charge in [-0.3, -0.25) is 19.3 Å². The number of nitrogens with zero attached hydrogens (tertiary/aromatic N) is 1. The zero-order valence-corrected chi connectivity index (χ0v) is 16.8. The van der Waals surface area contributed by atoms with Gasteiger partial charge in [0.05, 0.1) is 30.5 Å². The highest BCUT2D eigenvalue weighted by Gasteiger charge is 2.35. The van der Waals surface area contributed by atoms with E-state index in [0.29, 0.717) is 38.7 Å². The summed E-state index contributed by atoms with van der Waals surface area (Å²) >= 11 is 6.01. The lowest BCUT2D eigenvalue weighted by molar-refractivity contribution is 0.0642. The van der Waals surface area contributed by atoms with Crippen molar-refractivity contribution in [1.82, 2.24) is 4.90 Å². The maximum Gasteiger partial charge on any atom is 0.261 e. The van der Waals surface area contributed by atoms with Crippen LogP contribution in [0.3, 0.4) is 0 Å². The highest BCUT2D eigenvalue weighted by atomic mass is 35.5. The number of fused-ring (bicyclic) bond motifs is 1. The molecule has 1 heterocycles. The minimum absolute atomic E-state index is 0.0773. The second-order valence-corrected chi connectivity index (χ2v) is 7.18. The summed E-state index contributed by atoms with van der Waals surface area (Å²) in [5, 5.41) is 3.24. The van der Waals surface area contributed by atoms with Crippen molar-refractivity contribution in [1.29, 1.82) is 0 Å². The number of nitrogens with one attached hydrogen (secondary N) is 1. The number of amides is 3. The van der Waals surface area contributed by atoms with E-state index in [9.17, 15) is 14.4 Å². The average molecular weight is 421 g/mol. The molecule has 1 aliphatic rings. The first-order valence-corrected chi connectivity index (χ1v) is 9.55. The number of hydrogen-bond acceptors (Lipinski definition) is 4. The summed E-state index contributed by atoms with van der Waals surface area (Å²) in [6.45, 7) is 0.0773. The second kappa shape index (κ2) is 8.00. The quantitative estimate of drug-likeness (QED) is 0.621. The molecule has 0 spiro atoms. The maximum absolute atomic E-state index is 12.7. The standard InChI is InChI=1S/C23H17ClN2O4/c1-30-20-10-9-16(24)12-19(20)25-21(27)15-6-4-5-14(11-15)13-26-22(28)17-7-2-3-8-18(17)23(26)29/h2-12H,13H2,1H3,(H,25,27). The molecule has 0 bridgehead atoms. The SMILES string of the molecule is COc1ccc(Cl)cc1NC(=O)c1cccc(CN2C(=O)c3ccccc3C2=O)c1. The summed E-state index contributed by atoms with van der Waals surface area (Å²) in [6, 6.07) is 18.4. The third-order valence-electron chi connectivity index (χ3n) is 4.82. The van der Waals surface area contributed by atoms with Gasteiger partial charge in [0.1, 0.15) is 5.75 Å². The lowest BCUT2D eigenvalue weighted by Gasteiger charge is -2.15. The molecule has 3 amide bonds. The smallest absolute Gasteiger partial charge is 0.261 e.